The first-order chi connectivity index (χ1) is 9.40. The van der Waals surface area contributed by atoms with Crippen LogP contribution in [0.5, 0.6) is 0 Å². The number of nitrogens with zero attached hydrogens (tertiary/aromatic N) is 1. The summed E-state index contributed by atoms with van der Waals surface area (Å²) in [5.74, 6) is 0.465. The first kappa shape index (κ1) is 15.8. The number of anilines is 1. The van der Waals surface area contributed by atoms with Crippen LogP contribution in [0.25, 0.3) is 0 Å². The summed E-state index contributed by atoms with van der Waals surface area (Å²) >= 11 is 0. The Morgan fingerprint density at radius 2 is 2.00 bits per heavy atom. The molecule has 0 radical (unpaired) electrons. The number of nitrogens with one attached hydrogen (secondary N) is 3. The molecule has 0 aliphatic carbocycles. The normalized spacial score (nSPS) is 11.7. The summed E-state index contributed by atoms with van der Waals surface area (Å²) in [6, 6.07) is 9.69. The highest BCUT2D eigenvalue weighted by Crippen LogP contribution is 2.11. The van der Waals surface area contributed by atoms with Gasteiger partial charge in [0.05, 0.1) is 12.2 Å². The fraction of sp³-hybridized carbons (Fsp3) is 0.333. The van der Waals surface area contributed by atoms with Crippen LogP contribution in [0.3, 0.4) is 0 Å². The zero-order chi connectivity index (χ0) is 15.0. The van der Waals surface area contributed by atoms with E-state index in [4.69, 9.17) is 10.3 Å². The summed E-state index contributed by atoms with van der Waals surface area (Å²) in [6.45, 7) is 9.99. The van der Waals surface area contributed by atoms with E-state index in [1.165, 1.54) is 0 Å². The number of para-hydroxylation sites is 1. The lowest BCUT2D eigenvalue weighted by Crippen LogP contribution is -2.26. The predicted octanol–water partition coefficient (Wildman–Crippen LogP) is 3.85. The van der Waals surface area contributed by atoms with E-state index in [2.05, 4.69) is 22.3 Å². The molecular weight excluding hydrogens is 252 g/mol. The maximum Gasteiger partial charge on any atom is 0.180 e. The molecule has 0 aromatic heterocycles. The number of ether oxygens (including phenoxy) is 1. The van der Waals surface area contributed by atoms with Crippen molar-refractivity contribution < 1.29 is 4.74 Å². The smallest absolute Gasteiger partial charge is 0.180 e. The first-order valence-electron chi connectivity index (χ1n) is 6.40. The summed E-state index contributed by atoms with van der Waals surface area (Å²) < 4.78 is 5.54. The molecule has 0 atom stereocenters. The van der Waals surface area contributed by atoms with Gasteiger partial charge in [0.15, 0.2) is 5.88 Å². The number of rotatable bonds is 7. The highest BCUT2D eigenvalue weighted by molar-refractivity contribution is 5.45. The Hall–Kier alpha value is -2.30. The van der Waals surface area contributed by atoms with E-state index in [-0.39, 0.29) is 5.60 Å². The molecule has 5 heteroatoms. The topological polar surface area (TPSA) is 69.5 Å². The summed E-state index contributed by atoms with van der Waals surface area (Å²) in [5.41, 5.74) is 8.35. The Labute approximate surface area is 120 Å². The molecule has 1 aromatic rings. The van der Waals surface area contributed by atoms with E-state index in [0.29, 0.717) is 18.1 Å². The second-order valence-electron chi connectivity index (χ2n) is 5.25. The van der Waals surface area contributed by atoms with E-state index in [0.717, 1.165) is 5.69 Å². The van der Waals surface area contributed by atoms with Gasteiger partial charge in [0.2, 0.25) is 0 Å². The molecule has 0 saturated carbocycles. The zero-order valence-corrected chi connectivity index (χ0v) is 12.2. The molecule has 0 bridgehead atoms. The Bertz CT molecular complexity index is 474. The minimum Gasteiger partial charge on any atom is -0.474 e. The average molecular weight is 274 g/mol. The van der Waals surface area contributed by atoms with Crippen molar-refractivity contribution in [2.24, 2.45) is 5.11 Å². The van der Waals surface area contributed by atoms with Gasteiger partial charge in [0.1, 0.15) is 5.60 Å². The largest absolute Gasteiger partial charge is 0.474 e. The van der Waals surface area contributed by atoms with Crippen molar-refractivity contribution in [2.75, 3.05) is 11.9 Å². The van der Waals surface area contributed by atoms with Gasteiger partial charge in [-0.2, -0.15) is 5.11 Å². The van der Waals surface area contributed by atoms with Gasteiger partial charge in [-0.05, 0) is 39.5 Å². The highest BCUT2D eigenvalue weighted by atomic mass is 16.5. The monoisotopic (exact) mass is 274 g/mol. The molecular formula is C15H22N4O. The third-order valence-corrected chi connectivity index (χ3v) is 2.22. The molecule has 0 spiro atoms. The molecule has 0 heterocycles. The molecule has 0 unspecified atom stereocenters. The van der Waals surface area contributed by atoms with Crippen LogP contribution in [0.4, 0.5) is 5.69 Å². The average Bonchev–Trinajstić information content (AvgIpc) is 2.38. The number of hydrogen-bond donors (Lipinski definition) is 3. The van der Waals surface area contributed by atoms with Gasteiger partial charge >= 0.3 is 0 Å². The van der Waals surface area contributed by atoms with Crippen LogP contribution in [0.1, 0.15) is 20.8 Å². The second-order valence-corrected chi connectivity index (χ2v) is 5.25. The lowest BCUT2D eigenvalue weighted by molar-refractivity contribution is 0.0423. The molecule has 3 N–H and O–H groups in total. The summed E-state index contributed by atoms with van der Waals surface area (Å²) in [6.07, 6.45) is 1.68. The quantitative estimate of drug-likeness (QED) is 0.522. The van der Waals surface area contributed by atoms with Crippen molar-refractivity contribution in [2.45, 2.75) is 26.4 Å². The molecule has 0 aliphatic heterocycles. The van der Waals surface area contributed by atoms with Crippen LogP contribution >= 0.6 is 0 Å². The van der Waals surface area contributed by atoms with Gasteiger partial charge in [-0.1, -0.05) is 18.2 Å². The minimum absolute atomic E-state index is 0.297. The van der Waals surface area contributed by atoms with Crippen molar-refractivity contribution in [3.05, 3.63) is 54.7 Å². The lowest BCUT2D eigenvalue weighted by Gasteiger charge is -2.23. The summed E-state index contributed by atoms with van der Waals surface area (Å²) in [4.78, 5) is 0. The molecule has 1 aromatic carbocycles. The van der Waals surface area contributed by atoms with Crippen LogP contribution < -0.4 is 10.6 Å². The van der Waals surface area contributed by atoms with E-state index in [1.807, 2.05) is 51.1 Å². The van der Waals surface area contributed by atoms with Gasteiger partial charge in [0.25, 0.3) is 0 Å². The van der Waals surface area contributed by atoms with Gasteiger partial charge in [-0.3, -0.25) is 0 Å². The molecule has 0 fully saturated rings. The van der Waals surface area contributed by atoms with Crippen molar-refractivity contribution in [1.29, 1.82) is 5.53 Å². The van der Waals surface area contributed by atoms with Gasteiger partial charge in [-0.15, -0.1) is 0 Å². The number of hydrogen-bond acceptors (Lipinski definition) is 5. The number of benzene rings is 1. The van der Waals surface area contributed by atoms with Gasteiger partial charge < -0.3 is 15.4 Å². The molecule has 1 rings (SSSR count). The fourth-order valence-electron chi connectivity index (χ4n) is 1.42. The first-order valence-corrected chi connectivity index (χ1v) is 6.40. The Morgan fingerprint density at radius 3 is 2.55 bits per heavy atom. The Balaban J connectivity index is 2.47. The van der Waals surface area contributed by atoms with Crippen LogP contribution in [-0.4, -0.2) is 12.1 Å². The SMILES string of the molecule is C=C(NC/C(=C/Nc1ccccc1)N=N)OC(C)(C)C. The fourth-order valence-corrected chi connectivity index (χ4v) is 1.42. The molecule has 5 nitrogen and oxygen atoms in total. The predicted molar refractivity (Wildman–Crippen MR) is 81.3 cm³/mol. The van der Waals surface area contributed by atoms with Gasteiger partial charge in [0, 0.05) is 11.9 Å². The zero-order valence-electron chi connectivity index (χ0n) is 12.2. The van der Waals surface area contributed by atoms with Crippen LogP contribution in [0, 0.1) is 5.53 Å². The van der Waals surface area contributed by atoms with Crippen molar-refractivity contribution in [1.82, 2.24) is 5.32 Å². The maximum atomic E-state index is 7.16. The third-order valence-electron chi connectivity index (χ3n) is 2.22. The summed E-state index contributed by atoms with van der Waals surface area (Å²) in [7, 11) is 0. The van der Waals surface area contributed by atoms with Crippen LogP contribution in [-0.2, 0) is 4.74 Å². The second kappa shape index (κ2) is 7.33. The molecule has 20 heavy (non-hydrogen) atoms. The van der Waals surface area contributed by atoms with E-state index in [1.54, 1.807) is 6.20 Å². The van der Waals surface area contributed by atoms with E-state index < -0.39 is 0 Å². The molecule has 0 amide bonds. The molecule has 108 valence electrons. The van der Waals surface area contributed by atoms with Crippen molar-refractivity contribution in [3.63, 3.8) is 0 Å². The van der Waals surface area contributed by atoms with Crippen LogP contribution in [0.2, 0.25) is 0 Å². The lowest BCUT2D eigenvalue weighted by atomic mass is 10.2. The molecule has 0 aliphatic rings. The Kier molecular flexibility index (Phi) is 5.77. The molecule has 0 saturated heterocycles. The van der Waals surface area contributed by atoms with Crippen molar-refractivity contribution >= 4 is 5.69 Å². The van der Waals surface area contributed by atoms with Gasteiger partial charge in [-0.25, -0.2) is 5.53 Å². The van der Waals surface area contributed by atoms with E-state index >= 15 is 0 Å². The standard InChI is InChI=1S/C15H22N4O/c1-12(20-15(2,3)4)17-10-14(19-16)11-18-13-8-6-5-7-9-13/h5-9,11,16-18H,1,10H2,2-4H3/b14-11-,19-16?. The maximum absolute atomic E-state index is 7.16. The Morgan fingerprint density at radius 1 is 1.35 bits per heavy atom. The third kappa shape index (κ3) is 6.58. The minimum atomic E-state index is -0.297. The highest BCUT2D eigenvalue weighted by Gasteiger charge is 2.12. The van der Waals surface area contributed by atoms with E-state index in [9.17, 15) is 0 Å². The van der Waals surface area contributed by atoms with Crippen molar-refractivity contribution in [3.8, 4) is 0 Å². The van der Waals surface area contributed by atoms with Crippen LogP contribution in [0.15, 0.2) is 59.8 Å². The summed E-state index contributed by atoms with van der Waals surface area (Å²) in [5, 5.41) is 9.53.